The summed E-state index contributed by atoms with van der Waals surface area (Å²) in [6, 6.07) is 82.2. The topological polar surface area (TPSA) is 92.3 Å². The number of ether oxygens (including phenoxy) is 5. The molecule has 0 fully saturated rings. The summed E-state index contributed by atoms with van der Waals surface area (Å²) in [5.41, 5.74) is 0. The average Bonchev–Trinajstić information content (AvgIpc) is 3.41. The molecule has 0 saturated heterocycles. The van der Waals surface area contributed by atoms with Gasteiger partial charge in [-0.1, -0.05) is 0 Å². The van der Waals surface area contributed by atoms with E-state index in [1.54, 1.807) is 91.0 Å². The Balaban J connectivity index is 1.26. The maximum atomic E-state index is 7.57. The number of benzene rings is 10. The van der Waals surface area contributed by atoms with Crippen molar-refractivity contribution in [2.45, 2.75) is 0 Å². The molecule has 350 valence electrons. The Hall–Kier alpha value is -9.24. The van der Waals surface area contributed by atoms with Crippen LogP contribution < -0.4 is 42.3 Å². The minimum absolute atomic E-state index is 0.119. The summed E-state index contributed by atoms with van der Waals surface area (Å²) in [4.78, 5) is 0. The summed E-state index contributed by atoms with van der Waals surface area (Å²) in [5, 5.41) is 0. The second-order valence-electron chi connectivity index (χ2n) is 15.5. The van der Waals surface area contributed by atoms with E-state index in [1.807, 2.05) is 182 Å². The zero-order valence-corrected chi connectivity index (χ0v) is 39.9. The molecule has 0 aliphatic carbocycles. The zero-order chi connectivity index (χ0) is 48.0. The van der Waals surface area contributed by atoms with Gasteiger partial charge in [-0.3, -0.25) is 0 Å². The van der Waals surface area contributed by atoms with Crippen LogP contribution in [-0.2, 0) is 0 Å². The van der Waals surface area contributed by atoms with Gasteiger partial charge in [-0.2, -0.15) is 0 Å². The molecule has 0 aliphatic heterocycles. The van der Waals surface area contributed by atoms with Gasteiger partial charge in [0.05, 0.1) is 0 Å². The van der Waals surface area contributed by atoms with Crippen LogP contribution in [0.25, 0.3) is 0 Å². The van der Waals surface area contributed by atoms with Crippen LogP contribution in [0.5, 0.6) is 86.2 Å². The van der Waals surface area contributed by atoms with Crippen LogP contribution >= 0.6 is 0 Å². The van der Waals surface area contributed by atoms with Gasteiger partial charge in [0.2, 0.25) is 0 Å². The second kappa shape index (κ2) is 21.4. The van der Waals surface area contributed by atoms with E-state index in [-0.39, 0.29) is 57.5 Å². The number of hydrogen-bond acceptors (Lipinski definition) is 10. The van der Waals surface area contributed by atoms with Crippen LogP contribution in [0.2, 0.25) is 0 Å². The Morgan fingerprint density at radius 1 is 0.155 bits per heavy atom. The van der Waals surface area contributed by atoms with E-state index >= 15 is 0 Å². The van der Waals surface area contributed by atoms with Gasteiger partial charge in [0.15, 0.2) is 0 Å². The van der Waals surface area contributed by atoms with E-state index in [0.717, 1.165) is 0 Å². The molecule has 0 heterocycles. The Morgan fingerprint density at radius 3 is 0.465 bits per heavy atom. The number of rotatable bonds is 20. The van der Waals surface area contributed by atoms with E-state index in [4.69, 9.17) is 42.3 Å². The molecule has 71 heavy (non-hydrogen) atoms. The number of hydrogen-bond donors (Lipinski definition) is 0. The van der Waals surface area contributed by atoms with E-state index in [0.29, 0.717) is 28.7 Å². The molecule has 10 aromatic rings. The van der Waals surface area contributed by atoms with Crippen molar-refractivity contribution in [2.75, 3.05) is 0 Å². The van der Waals surface area contributed by atoms with E-state index in [2.05, 4.69) is 0 Å². The van der Waals surface area contributed by atoms with Crippen molar-refractivity contribution in [3.63, 3.8) is 0 Å². The first-order valence-electron chi connectivity index (χ1n) is 22.7. The predicted octanol–water partition coefficient (Wildman–Crippen LogP) is 16.2. The van der Waals surface area contributed by atoms with Gasteiger partial charge in [-0.05, 0) is 0 Å². The van der Waals surface area contributed by atoms with Crippen molar-refractivity contribution in [2.24, 2.45) is 0 Å². The van der Waals surface area contributed by atoms with Crippen LogP contribution in [0.15, 0.2) is 273 Å². The molecular formula is C60H45AsO10. The Morgan fingerprint density at radius 2 is 0.296 bits per heavy atom. The molecule has 0 spiro atoms. The van der Waals surface area contributed by atoms with Gasteiger partial charge < -0.3 is 0 Å². The van der Waals surface area contributed by atoms with Crippen molar-refractivity contribution in [3.05, 3.63) is 273 Å². The fraction of sp³-hybridized carbons (Fsp3) is 0. The standard InChI is InChI=1S/C60H45AsO10/c1-6-26-46(27-7-1)62-51-36-16-21-41-56(51)67-61(68-57-42-22-17-37-52(57)63-47-28-8-2-9-29-47,69-58-43-23-18-38-53(58)64-48-30-10-3-11-31-48,70-59-44-24-19-39-54(59)65-49-32-12-4-13-33-49)71-60-45-25-20-40-55(60)66-50-34-14-5-15-35-50/h1-45H. The van der Waals surface area contributed by atoms with Gasteiger partial charge in [-0.25, -0.2) is 0 Å². The summed E-state index contributed by atoms with van der Waals surface area (Å²) in [6.45, 7) is 0. The molecule has 0 radical (unpaired) electrons. The summed E-state index contributed by atoms with van der Waals surface area (Å²) in [6.07, 6.45) is 0. The first-order chi connectivity index (χ1) is 35.0. The second-order valence-corrected chi connectivity index (χ2v) is 20.6. The van der Waals surface area contributed by atoms with Gasteiger partial charge in [0, 0.05) is 0 Å². The SMILES string of the molecule is c1ccc(Oc2ccccc2O[As](Oc2ccccc2Oc2ccccc2)(Oc2ccccc2Oc2ccccc2)(Oc2ccccc2Oc2ccccc2)Oc2ccccc2Oc2ccccc2)cc1. The monoisotopic (exact) mass is 1000 g/mol. The molecule has 0 N–H and O–H groups in total. The molecule has 10 rings (SSSR count). The molecule has 10 nitrogen and oxygen atoms in total. The summed E-state index contributed by atoms with van der Waals surface area (Å²) in [7, 11) is 0. The number of para-hydroxylation sites is 15. The zero-order valence-electron chi connectivity index (χ0n) is 38.0. The summed E-state index contributed by atoms with van der Waals surface area (Å²) < 4.78 is 70.8. The van der Waals surface area contributed by atoms with E-state index in [9.17, 15) is 0 Å². The fourth-order valence-electron chi connectivity index (χ4n) is 7.12. The maximum absolute atomic E-state index is 7.57. The predicted molar refractivity (Wildman–Crippen MR) is 274 cm³/mol. The third-order valence-corrected chi connectivity index (χ3v) is 15.5. The molecule has 10 aromatic carbocycles. The molecule has 0 atom stereocenters. The van der Waals surface area contributed by atoms with Crippen molar-refractivity contribution in [1.29, 1.82) is 0 Å². The normalized spacial score (nSPS) is 11.4. The van der Waals surface area contributed by atoms with E-state index < -0.39 is 14.2 Å². The first kappa shape index (κ1) is 45.5. The van der Waals surface area contributed by atoms with Crippen molar-refractivity contribution in [3.8, 4) is 86.2 Å². The fourth-order valence-corrected chi connectivity index (χ4v) is 12.9. The molecule has 0 aromatic heterocycles. The van der Waals surface area contributed by atoms with Crippen LogP contribution in [0.4, 0.5) is 0 Å². The molecule has 0 aliphatic rings. The summed E-state index contributed by atoms with van der Waals surface area (Å²) in [5.74, 6) is 4.62. The Kier molecular flexibility index (Phi) is 13.7. The Bertz CT molecular complexity index is 2770. The minimum atomic E-state index is -7.17. The van der Waals surface area contributed by atoms with Crippen LogP contribution in [0.1, 0.15) is 0 Å². The Labute approximate surface area is 413 Å². The average molecular weight is 1000 g/mol. The molecule has 0 amide bonds. The molecule has 0 unspecified atom stereocenters. The molecule has 0 saturated carbocycles. The quantitative estimate of drug-likeness (QED) is 0.0687. The molecular weight excluding hydrogens is 956 g/mol. The first-order valence-corrected chi connectivity index (χ1v) is 26.5. The van der Waals surface area contributed by atoms with E-state index in [1.165, 1.54) is 0 Å². The van der Waals surface area contributed by atoms with Gasteiger partial charge in [-0.15, -0.1) is 0 Å². The van der Waals surface area contributed by atoms with Crippen LogP contribution in [0, 0.1) is 0 Å². The van der Waals surface area contributed by atoms with Crippen LogP contribution in [0.3, 0.4) is 0 Å². The third kappa shape index (κ3) is 11.4. The summed E-state index contributed by atoms with van der Waals surface area (Å²) >= 11 is -7.17. The van der Waals surface area contributed by atoms with Crippen LogP contribution in [-0.4, -0.2) is 14.2 Å². The van der Waals surface area contributed by atoms with Crippen molar-refractivity contribution in [1.82, 2.24) is 0 Å². The van der Waals surface area contributed by atoms with Gasteiger partial charge >= 0.3 is 416 Å². The van der Waals surface area contributed by atoms with Crippen molar-refractivity contribution >= 4 is 14.2 Å². The third-order valence-electron chi connectivity index (χ3n) is 10.3. The molecule has 0 bridgehead atoms. The molecule has 11 heteroatoms. The van der Waals surface area contributed by atoms with Crippen molar-refractivity contribution < 1.29 is 42.3 Å². The van der Waals surface area contributed by atoms with Gasteiger partial charge in [0.1, 0.15) is 0 Å². The van der Waals surface area contributed by atoms with Gasteiger partial charge in [0.25, 0.3) is 0 Å².